The number of hydrogen-bond donors (Lipinski definition) is 1. The summed E-state index contributed by atoms with van der Waals surface area (Å²) in [6.45, 7) is 40.6. The van der Waals surface area contributed by atoms with Crippen LogP contribution in [0.2, 0.25) is 36.3 Å². The minimum atomic E-state index is -2.18. The van der Waals surface area contributed by atoms with E-state index in [1.807, 2.05) is 39.0 Å². The van der Waals surface area contributed by atoms with E-state index in [4.69, 9.17) is 18.3 Å². The van der Waals surface area contributed by atoms with Crippen LogP contribution in [0, 0.1) is 17.8 Å². The smallest absolute Gasteiger partial charge is 0.330 e. The van der Waals surface area contributed by atoms with Crippen molar-refractivity contribution >= 4 is 22.6 Å². The monoisotopic (exact) mass is 747 g/mol. The van der Waals surface area contributed by atoms with Crippen LogP contribution in [0.25, 0.3) is 0 Å². The number of carbonyl (C=O) groups is 1. The Bertz CT molecular complexity index is 1200. The molecule has 1 heterocycles. The number of allylic oxidation sites excluding steroid dienone is 2. The molecular formula is C43H78O6Si2. The lowest BCUT2D eigenvalue weighted by molar-refractivity contribution is -0.301. The van der Waals surface area contributed by atoms with Gasteiger partial charge in [0.05, 0.1) is 12.2 Å². The second kappa shape index (κ2) is 20.2. The van der Waals surface area contributed by atoms with Crippen LogP contribution in [-0.2, 0) is 23.1 Å². The quantitative estimate of drug-likeness (QED) is 0.0545. The van der Waals surface area contributed by atoms with Crippen LogP contribution in [0.3, 0.4) is 0 Å². The topological polar surface area (TPSA) is 74.2 Å². The lowest BCUT2D eigenvalue weighted by Crippen LogP contribution is -2.62. The van der Waals surface area contributed by atoms with E-state index in [0.29, 0.717) is 31.6 Å². The van der Waals surface area contributed by atoms with Crippen molar-refractivity contribution in [3.8, 4) is 0 Å². The van der Waals surface area contributed by atoms with Crippen LogP contribution in [0.5, 0.6) is 0 Å². The first kappa shape index (κ1) is 47.5. The molecule has 7 atom stereocenters. The van der Waals surface area contributed by atoms with Crippen molar-refractivity contribution in [2.45, 2.75) is 188 Å². The van der Waals surface area contributed by atoms with Crippen LogP contribution in [0.15, 0.2) is 60.8 Å². The molecule has 1 N–H and O–H groups in total. The Morgan fingerprint density at radius 2 is 1.69 bits per heavy atom. The molecule has 1 saturated heterocycles. The molecule has 0 saturated carbocycles. The van der Waals surface area contributed by atoms with Gasteiger partial charge in [0.25, 0.3) is 0 Å². The lowest BCUT2D eigenvalue weighted by atomic mass is 9.84. The van der Waals surface area contributed by atoms with Crippen molar-refractivity contribution in [1.29, 1.82) is 0 Å². The zero-order valence-corrected chi connectivity index (χ0v) is 37.5. The maximum atomic E-state index is 13.5. The molecule has 0 bridgehead atoms. The Hall–Kier alpha value is -1.56. The molecule has 1 rings (SSSR count). The molecule has 0 aliphatic carbocycles. The van der Waals surface area contributed by atoms with Gasteiger partial charge in [-0.15, -0.1) is 6.58 Å². The molecule has 0 unspecified atom stereocenters. The van der Waals surface area contributed by atoms with Gasteiger partial charge in [0, 0.05) is 18.4 Å². The highest BCUT2D eigenvalue weighted by atomic mass is 28.4. The zero-order chi connectivity index (χ0) is 39.4. The van der Waals surface area contributed by atoms with E-state index in [-0.39, 0.29) is 41.2 Å². The third-order valence-electron chi connectivity index (χ3n) is 11.7. The van der Waals surface area contributed by atoms with E-state index in [1.54, 1.807) is 6.08 Å². The standard InChI is InChI=1S/C43H78O6Si2/c1-18-24-37-29-33(8)31-43(45,47-37)42(15,49-51(20-3,21-4)22-5)27-23-26-34(9)39(28-32(6)7)46-40(44)30-35(10)36(11)38(25-19-2)48-50(16,17)41(12,13)14/h18-19,23,25,27,30,32,34,36-39,45H,1,8,20-22,24,26,28-29,31H2,2-7,9-17H3/b25-19+,27-23+,35-30+/t34-,36-,37+,38+,39-,42-,43+/m1/s1. The Labute approximate surface area is 316 Å². The molecule has 1 fully saturated rings. The molecule has 0 aromatic rings. The molecule has 0 aromatic carbocycles. The molecule has 0 amide bonds. The summed E-state index contributed by atoms with van der Waals surface area (Å²) in [5.74, 6) is -1.48. The van der Waals surface area contributed by atoms with E-state index in [0.717, 1.165) is 35.7 Å². The fourth-order valence-electron chi connectivity index (χ4n) is 6.66. The van der Waals surface area contributed by atoms with Gasteiger partial charge in [-0.1, -0.05) is 117 Å². The van der Waals surface area contributed by atoms with E-state index in [2.05, 4.69) is 108 Å². The summed E-state index contributed by atoms with van der Waals surface area (Å²) in [4.78, 5) is 13.5. The first-order chi connectivity index (χ1) is 23.5. The summed E-state index contributed by atoms with van der Waals surface area (Å²) < 4.78 is 26.6. The van der Waals surface area contributed by atoms with Crippen LogP contribution in [0.4, 0.5) is 0 Å². The normalized spacial score (nSPS) is 23.4. The number of rotatable bonds is 21. The minimum absolute atomic E-state index is 0.0180. The largest absolute Gasteiger partial charge is 0.459 e. The summed E-state index contributed by atoms with van der Waals surface area (Å²) in [7, 11) is -4.20. The predicted molar refractivity (Wildman–Crippen MR) is 222 cm³/mol. The molecule has 1 aliphatic rings. The highest BCUT2D eigenvalue weighted by Crippen LogP contribution is 2.44. The van der Waals surface area contributed by atoms with Crippen LogP contribution in [0.1, 0.15) is 122 Å². The summed E-state index contributed by atoms with van der Waals surface area (Å²) in [5, 5.41) is 12.3. The molecule has 294 valence electrons. The van der Waals surface area contributed by atoms with Gasteiger partial charge >= 0.3 is 5.97 Å². The van der Waals surface area contributed by atoms with Crippen LogP contribution >= 0.6 is 0 Å². The van der Waals surface area contributed by atoms with Gasteiger partial charge in [-0.2, -0.15) is 0 Å². The average Bonchev–Trinajstić information content (AvgIpc) is 3.01. The molecule has 0 aromatic heterocycles. The second-order valence-corrected chi connectivity index (χ2v) is 26.8. The number of hydrogen-bond acceptors (Lipinski definition) is 6. The van der Waals surface area contributed by atoms with Crippen molar-refractivity contribution in [2.75, 3.05) is 0 Å². The highest BCUT2D eigenvalue weighted by Gasteiger charge is 2.54. The fourth-order valence-corrected chi connectivity index (χ4v) is 11.0. The maximum absolute atomic E-state index is 13.5. The fraction of sp³-hybridized carbons (Fsp3) is 0.744. The van der Waals surface area contributed by atoms with Gasteiger partial charge in [-0.3, -0.25) is 0 Å². The summed E-state index contributed by atoms with van der Waals surface area (Å²) >= 11 is 0. The van der Waals surface area contributed by atoms with Crippen molar-refractivity contribution in [3.05, 3.63) is 60.8 Å². The molecule has 1 aliphatic heterocycles. The van der Waals surface area contributed by atoms with E-state index in [1.165, 1.54) is 0 Å². The third-order valence-corrected chi connectivity index (χ3v) is 20.9. The number of carbonyl (C=O) groups excluding carboxylic acids is 1. The van der Waals surface area contributed by atoms with Gasteiger partial charge < -0.3 is 23.4 Å². The molecular weight excluding hydrogens is 669 g/mol. The minimum Gasteiger partial charge on any atom is -0.459 e. The first-order valence-electron chi connectivity index (χ1n) is 19.7. The van der Waals surface area contributed by atoms with E-state index < -0.39 is 28.0 Å². The Morgan fingerprint density at radius 1 is 1.10 bits per heavy atom. The summed E-state index contributed by atoms with van der Waals surface area (Å²) in [6, 6.07) is 2.84. The zero-order valence-electron chi connectivity index (χ0n) is 35.5. The molecule has 0 radical (unpaired) electrons. The van der Waals surface area contributed by atoms with Crippen molar-refractivity contribution in [2.24, 2.45) is 17.8 Å². The van der Waals surface area contributed by atoms with Crippen LogP contribution in [-0.4, -0.2) is 57.4 Å². The summed E-state index contributed by atoms with van der Waals surface area (Å²) in [5.41, 5.74) is 0.812. The van der Waals surface area contributed by atoms with E-state index >= 15 is 0 Å². The van der Waals surface area contributed by atoms with Crippen molar-refractivity contribution in [3.63, 3.8) is 0 Å². The Morgan fingerprint density at radius 3 is 2.18 bits per heavy atom. The third kappa shape index (κ3) is 13.7. The van der Waals surface area contributed by atoms with Crippen LogP contribution < -0.4 is 0 Å². The molecule has 8 heteroatoms. The SMILES string of the molecule is C=CC[C@H]1CC(=C)C[C@@](O)([C@@](C)(/C=C/C[C@@H](C)[C@@H](CC(C)C)OC(=O)/C=C(\C)[C@@H](C)[C@H](/C=C/C)O[Si](C)(C)C(C)(C)C)O[Si](CC)(CC)CC)O1. The Kier molecular flexibility index (Phi) is 18.8. The van der Waals surface area contributed by atoms with Crippen molar-refractivity contribution < 1.29 is 28.2 Å². The number of ether oxygens (including phenoxy) is 2. The van der Waals surface area contributed by atoms with Gasteiger partial charge in [0.1, 0.15) is 11.7 Å². The molecule has 6 nitrogen and oxygen atoms in total. The van der Waals surface area contributed by atoms with Gasteiger partial charge in [0.15, 0.2) is 16.6 Å². The summed E-state index contributed by atoms with van der Waals surface area (Å²) in [6.07, 6.45) is 14.2. The molecule has 51 heavy (non-hydrogen) atoms. The van der Waals surface area contributed by atoms with Gasteiger partial charge in [-0.25, -0.2) is 4.79 Å². The predicted octanol–water partition coefficient (Wildman–Crippen LogP) is 11.9. The number of esters is 1. The maximum Gasteiger partial charge on any atom is 0.330 e. The molecule has 0 spiro atoms. The second-order valence-electron chi connectivity index (χ2n) is 17.4. The Balaban J connectivity index is 3.35. The van der Waals surface area contributed by atoms with Gasteiger partial charge in [-0.05, 0) is 94.6 Å². The van der Waals surface area contributed by atoms with Crippen molar-refractivity contribution in [1.82, 2.24) is 0 Å². The lowest BCUT2D eigenvalue weighted by Gasteiger charge is -2.51. The first-order valence-corrected chi connectivity index (χ1v) is 25.2. The number of aliphatic hydroxyl groups is 1. The van der Waals surface area contributed by atoms with E-state index in [9.17, 15) is 9.90 Å². The average molecular weight is 747 g/mol. The van der Waals surface area contributed by atoms with Gasteiger partial charge in [0.2, 0.25) is 5.79 Å². The highest BCUT2D eigenvalue weighted by molar-refractivity contribution is 6.74.